The van der Waals surface area contributed by atoms with Gasteiger partial charge in [-0.1, -0.05) is 0 Å². The van der Waals surface area contributed by atoms with Crippen LogP contribution < -0.4 is 5.32 Å². The predicted molar refractivity (Wildman–Crippen MR) is 53.1 cm³/mol. The maximum absolute atomic E-state index is 12.5. The molecule has 1 aliphatic heterocycles. The summed E-state index contributed by atoms with van der Waals surface area (Å²) < 4.78 is 37.5. The number of hydrogen-bond donors (Lipinski definition) is 2. The van der Waals surface area contributed by atoms with Crippen molar-refractivity contribution in [2.24, 2.45) is 0 Å². The number of nitrogens with one attached hydrogen (secondary N) is 1. The van der Waals surface area contributed by atoms with Gasteiger partial charge in [-0.05, 0) is 37.6 Å². The summed E-state index contributed by atoms with van der Waals surface area (Å²) in [6.07, 6.45) is -2.68. The Morgan fingerprint density at radius 2 is 2.06 bits per heavy atom. The van der Waals surface area contributed by atoms with Crippen LogP contribution in [0.4, 0.5) is 13.2 Å². The lowest BCUT2D eigenvalue weighted by Crippen LogP contribution is -2.14. The summed E-state index contributed by atoms with van der Waals surface area (Å²) in [5.74, 6) is -0.0765. The van der Waals surface area contributed by atoms with Gasteiger partial charge in [-0.15, -0.1) is 0 Å². The van der Waals surface area contributed by atoms with Crippen molar-refractivity contribution in [2.45, 2.75) is 25.1 Å². The standard InChI is InChI=1S/C11H12F3NO/c12-11(13,14)7-3-4-10(16)8(6-7)9-2-1-5-15-9/h3-4,6,9,15-16H,1-2,5H2/t9-/m1/s1. The summed E-state index contributed by atoms with van der Waals surface area (Å²) in [5.41, 5.74) is -0.374. The van der Waals surface area contributed by atoms with Gasteiger partial charge in [0.25, 0.3) is 0 Å². The molecule has 0 aromatic heterocycles. The quantitative estimate of drug-likeness (QED) is 0.779. The summed E-state index contributed by atoms with van der Waals surface area (Å²) >= 11 is 0. The lowest BCUT2D eigenvalue weighted by Gasteiger charge is -2.15. The summed E-state index contributed by atoms with van der Waals surface area (Å²) in [5, 5.41) is 12.6. The minimum absolute atomic E-state index is 0.0765. The molecule has 1 fully saturated rings. The van der Waals surface area contributed by atoms with E-state index >= 15 is 0 Å². The Bertz CT molecular complexity index is 383. The van der Waals surface area contributed by atoms with Crippen molar-refractivity contribution in [1.29, 1.82) is 0 Å². The minimum Gasteiger partial charge on any atom is -0.508 e. The number of halogens is 3. The zero-order chi connectivity index (χ0) is 11.8. The number of alkyl halides is 3. The van der Waals surface area contributed by atoms with E-state index in [1.807, 2.05) is 0 Å². The molecule has 1 aromatic carbocycles. The Kier molecular flexibility index (Phi) is 2.80. The molecule has 0 spiro atoms. The van der Waals surface area contributed by atoms with Crippen molar-refractivity contribution in [3.63, 3.8) is 0 Å². The van der Waals surface area contributed by atoms with Gasteiger partial charge >= 0.3 is 6.18 Å². The third-order valence-electron chi connectivity index (χ3n) is 2.79. The van der Waals surface area contributed by atoms with Crippen molar-refractivity contribution in [3.05, 3.63) is 29.3 Å². The molecular formula is C11H12F3NO. The lowest BCUT2D eigenvalue weighted by molar-refractivity contribution is -0.137. The topological polar surface area (TPSA) is 32.3 Å². The fourth-order valence-corrected chi connectivity index (χ4v) is 1.96. The highest BCUT2D eigenvalue weighted by Crippen LogP contribution is 2.36. The van der Waals surface area contributed by atoms with Crippen LogP contribution in [0, 0.1) is 0 Å². The highest BCUT2D eigenvalue weighted by molar-refractivity contribution is 5.39. The molecule has 0 bridgehead atoms. The van der Waals surface area contributed by atoms with Crippen molar-refractivity contribution in [3.8, 4) is 5.75 Å². The molecule has 1 atom stereocenters. The number of aromatic hydroxyl groups is 1. The first-order valence-electron chi connectivity index (χ1n) is 5.12. The van der Waals surface area contributed by atoms with Gasteiger partial charge in [-0.25, -0.2) is 0 Å². The summed E-state index contributed by atoms with van der Waals surface area (Å²) in [6, 6.07) is 2.87. The molecule has 1 saturated heterocycles. The molecule has 0 radical (unpaired) electrons. The summed E-state index contributed by atoms with van der Waals surface area (Å²) in [4.78, 5) is 0. The minimum atomic E-state index is -4.36. The van der Waals surface area contributed by atoms with Gasteiger partial charge in [0.2, 0.25) is 0 Å². The number of benzene rings is 1. The van der Waals surface area contributed by atoms with Crippen LogP contribution >= 0.6 is 0 Å². The number of rotatable bonds is 1. The van der Waals surface area contributed by atoms with Gasteiger partial charge in [0.15, 0.2) is 0 Å². The van der Waals surface area contributed by atoms with Crippen molar-refractivity contribution >= 4 is 0 Å². The third-order valence-corrected chi connectivity index (χ3v) is 2.79. The SMILES string of the molecule is Oc1ccc(C(F)(F)F)cc1[C@H]1CCCN1. The molecule has 2 N–H and O–H groups in total. The molecule has 2 nitrogen and oxygen atoms in total. The lowest BCUT2D eigenvalue weighted by atomic mass is 10.0. The van der Waals surface area contributed by atoms with Gasteiger partial charge in [-0.3, -0.25) is 0 Å². The maximum Gasteiger partial charge on any atom is 0.416 e. The first-order chi connectivity index (χ1) is 7.48. The molecule has 5 heteroatoms. The fraction of sp³-hybridized carbons (Fsp3) is 0.455. The van der Waals surface area contributed by atoms with E-state index in [2.05, 4.69) is 5.32 Å². The van der Waals surface area contributed by atoms with E-state index in [0.29, 0.717) is 5.56 Å². The number of phenols is 1. The number of phenolic OH excluding ortho intramolecular Hbond substituents is 1. The zero-order valence-corrected chi connectivity index (χ0v) is 8.51. The van der Waals surface area contributed by atoms with E-state index in [1.54, 1.807) is 0 Å². The maximum atomic E-state index is 12.5. The monoisotopic (exact) mass is 231 g/mol. The Morgan fingerprint density at radius 1 is 1.31 bits per heavy atom. The van der Waals surface area contributed by atoms with Crippen LogP contribution in [0.25, 0.3) is 0 Å². The van der Waals surface area contributed by atoms with E-state index in [9.17, 15) is 18.3 Å². The molecule has 1 heterocycles. The third kappa shape index (κ3) is 2.14. The van der Waals surface area contributed by atoms with E-state index in [0.717, 1.165) is 37.6 Å². The largest absolute Gasteiger partial charge is 0.508 e. The van der Waals surface area contributed by atoms with Gasteiger partial charge in [0, 0.05) is 11.6 Å². The van der Waals surface area contributed by atoms with Crippen molar-refractivity contribution in [1.82, 2.24) is 5.32 Å². The molecule has 2 rings (SSSR count). The van der Waals surface area contributed by atoms with Gasteiger partial charge in [0.1, 0.15) is 5.75 Å². The smallest absolute Gasteiger partial charge is 0.416 e. The van der Waals surface area contributed by atoms with Gasteiger partial charge < -0.3 is 10.4 Å². The Hall–Kier alpha value is -1.23. The van der Waals surface area contributed by atoms with Crippen LogP contribution in [0.3, 0.4) is 0 Å². The average Bonchev–Trinajstić information content (AvgIpc) is 2.69. The highest BCUT2D eigenvalue weighted by Gasteiger charge is 2.32. The van der Waals surface area contributed by atoms with Crippen LogP contribution in [0.15, 0.2) is 18.2 Å². The molecule has 16 heavy (non-hydrogen) atoms. The van der Waals surface area contributed by atoms with Crippen LogP contribution in [0.2, 0.25) is 0 Å². The second-order valence-electron chi connectivity index (χ2n) is 3.92. The first kappa shape index (κ1) is 11.3. The van der Waals surface area contributed by atoms with Gasteiger partial charge in [-0.2, -0.15) is 13.2 Å². The molecular weight excluding hydrogens is 219 g/mol. The first-order valence-corrected chi connectivity index (χ1v) is 5.12. The molecule has 0 aliphatic carbocycles. The van der Waals surface area contributed by atoms with Crippen LogP contribution in [0.5, 0.6) is 5.75 Å². The van der Waals surface area contributed by atoms with Crippen LogP contribution in [0.1, 0.15) is 30.0 Å². The fourth-order valence-electron chi connectivity index (χ4n) is 1.96. The van der Waals surface area contributed by atoms with Gasteiger partial charge in [0.05, 0.1) is 5.56 Å². The second-order valence-corrected chi connectivity index (χ2v) is 3.92. The van der Waals surface area contributed by atoms with E-state index in [-0.39, 0.29) is 11.8 Å². The summed E-state index contributed by atoms with van der Waals surface area (Å²) in [6.45, 7) is 0.778. The van der Waals surface area contributed by atoms with E-state index in [4.69, 9.17) is 0 Å². The number of hydrogen-bond acceptors (Lipinski definition) is 2. The molecule has 0 amide bonds. The second kappa shape index (κ2) is 3.97. The normalized spacial score (nSPS) is 21.3. The zero-order valence-electron chi connectivity index (χ0n) is 8.51. The summed E-state index contributed by atoms with van der Waals surface area (Å²) in [7, 11) is 0. The van der Waals surface area contributed by atoms with E-state index < -0.39 is 11.7 Å². The van der Waals surface area contributed by atoms with Crippen LogP contribution in [-0.4, -0.2) is 11.7 Å². The average molecular weight is 231 g/mol. The molecule has 0 unspecified atom stereocenters. The molecule has 0 saturated carbocycles. The Morgan fingerprint density at radius 3 is 2.62 bits per heavy atom. The predicted octanol–water partition coefficient (Wildman–Crippen LogP) is 2.84. The Balaban J connectivity index is 2.36. The van der Waals surface area contributed by atoms with E-state index in [1.165, 1.54) is 0 Å². The highest BCUT2D eigenvalue weighted by atomic mass is 19.4. The molecule has 1 aliphatic rings. The van der Waals surface area contributed by atoms with Crippen molar-refractivity contribution < 1.29 is 18.3 Å². The van der Waals surface area contributed by atoms with Crippen molar-refractivity contribution in [2.75, 3.05) is 6.54 Å². The Labute approximate surface area is 91.1 Å². The molecule has 1 aromatic rings. The molecule has 88 valence electrons. The van der Waals surface area contributed by atoms with Crippen LogP contribution in [-0.2, 0) is 6.18 Å².